The standard InChI is InChI=1S/C50H57N5O18/c1-23(52-48(67)31-15-26(57)20-55(31)49(68)71-22-25-9-5-4-6-10-25)46(65)51-19-35(59)54-14-8-12-30(54)47(66)53-29-16-36(72-24(2)41(29)60)73-33-18-50(69,34(58)21-56)17-28-38(33)45(64)40-39(43(28)62)42(61)27-11-7-13-32(70-3)37(27)44(40)63/h4-7,9-11,13,23-24,26,29-31,33,36,41,56-57,60,62,64,69H,8,12,14-22H2,1-3H3,(H,51,65)(H,52,67)(H,53,66)/t23-,24?,26+,29?,30-,31-,33-,36?,41?,50-/m0/s1. The van der Waals surface area contributed by atoms with Gasteiger partial charge in [0, 0.05) is 48.9 Å². The van der Waals surface area contributed by atoms with Gasteiger partial charge in [0.1, 0.15) is 60.3 Å². The Morgan fingerprint density at radius 3 is 2.34 bits per heavy atom. The number of amides is 5. The summed E-state index contributed by atoms with van der Waals surface area (Å²) in [4.78, 5) is 110. The molecule has 0 bridgehead atoms. The number of aliphatic hydroxyl groups excluding tert-OH is 3. The first-order valence-corrected chi connectivity index (χ1v) is 23.8. The van der Waals surface area contributed by atoms with E-state index < -0.39 is 156 Å². The number of nitrogens with zero attached hydrogens (tertiary/aromatic N) is 2. The van der Waals surface area contributed by atoms with Crippen molar-refractivity contribution in [3.63, 3.8) is 0 Å². The summed E-state index contributed by atoms with van der Waals surface area (Å²) in [6, 6.07) is 8.60. The van der Waals surface area contributed by atoms with Crippen molar-refractivity contribution in [2.24, 2.45) is 0 Å². The third kappa shape index (κ3) is 10.2. The number of fused-ring (bicyclic) bond motifs is 3. The second-order valence-electron chi connectivity index (χ2n) is 18.9. The van der Waals surface area contributed by atoms with Crippen LogP contribution in [-0.2, 0) is 51.2 Å². The molecule has 0 aromatic heterocycles. The topological polar surface area (TPSA) is 337 Å². The molecule has 0 radical (unpaired) electrons. The highest BCUT2D eigenvalue weighted by atomic mass is 16.7. The molecule has 0 spiro atoms. The van der Waals surface area contributed by atoms with Crippen LogP contribution in [0, 0.1) is 0 Å². The number of rotatable bonds is 14. The number of likely N-dealkylation sites (tertiary alicyclic amines) is 2. The number of hydrogen-bond acceptors (Lipinski definition) is 18. The number of aliphatic hydroxyl groups is 4. The lowest BCUT2D eigenvalue weighted by atomic mass is 9.72. The predicted octanol–water partition coefficient (Wildman–Crippen LogP) is -0.457. The Hall–Kier alpha value is -7.02. The van der Waals surface area contributed by atoms with E-state index in [4.69, 9.17) is 18.9 Å². The lowest BCUT2D eigenvalue weighted by molar-refractivity contribution is -0.249. The SMILES string of the molecule is COc1cccc2c1C(=O)c1c(O)c3c(c(O)c1C2=O)C[C@@](O)(C(=O)CO)C[C@@H]3OC1CC(NC(=O)[C@@H]2CCCN2C(=O)CNC(=O)[C@H](C)NC(=O)[C@@H]2C[C@@H](O)CN2C(=O)OCc2ccccc2)C(O)C(C)O1. The van der Waals surface area contributed by atoms with Gasteiger partial charge < -0.3 is 70.4 Å². The fraction of sp³-hybridized carbons (Fsp3) is 0.480. The van der Waals surface area contributed by atoms with Gasteiger partial charge in [0.2, 0.25) is 29.4 Å². The van der Waals surface area contributed by atoms with Crippen molar-refractivity contribution in [2.45, 2.75) is 119 Å². The predicted molar refractivity (Wildman–Crippen MR) is 249 cm³/mol. The number of benzene rings is 3. The lowest BCUT2D eigenvalue weighted by Gasteiger charge is -2.43. The van der Waals surface area contributed by atoms with Crippen molar-refractivity contribution >= 4 is 47.1 Å². The molecule has 5 aliphatic rings. The van der Waals surface area contributed by atoms with Gasteiger partial charge in [-0.1, -0.05) is 42.5 Å². The van der Waals surface area contributed by atoms with E-state index in [0.717, 1.165) is 4.90 Å². The first-order valence-electron chi connectivity index (χ1n) is 23.8. The van der Waals surface area contributed by atoms with Gasteiger partial charge in [-0.15, -0.1) is 0 Å². The van der Waals surface area contributed by atoms with Crippen LogP contribution in [0.25, 0.3) is 0 Å². The number of hydrogen-bond donors (Lipinski definition) is 9. The van der Waals surface area contributed by atoms with E-state index in [1.54, 1.807) is 30.3 Å². The van der Waals surface area contributed by atoms with Crippen LogP contribution >= 0.6 is 0 Å². The molecule has 3 saturated heterocycles. The second-order valence-corrected chi connectivity index (χ2v) is 18.9. The maximum Gasteiger partial charge on any atom is 0.410 e. The summed E-state index contributed by atoms with van der Waals surface area (Å²) in [7, 11) is 1.28. The largest absolute Gasteiger partial charge is 0.507 e. The van der Waals surface area contributed by atoms with Crippen molar-refractivity contribution in [3.8, 4) is 17.2 Å². The molecule has 3 aromatic carbocycles. The highest BCUT2D eigenvalue weighted by Crippen LogP contribution is 2.52. The molecule has 5 amide bonds. The Balaban J connectivity index is 0.911. The minimum Gasteiger partial charge on any atom is -0.507 e. The van der Waals surface area contributed by atoms with Gasteiger partial charge in [-0.2, -0.15) is 0 Å². The molecule has 8 rings (SSSR count). The number of β-amino-alcohol motifs (C(OH)–C–C–N with tert-alkyl or cyclic N) is 1. The zero-order chi connectivity index (χ0) is 52.6. The molecule has 3 heterocycles. The molecular weight excluding hydrogens is 959 g/mol. The van der Waals surface area contributed by atoms with Gasteiger partial charge in [0.25, 0.3) is 0 Å². The van der Waals surface area contributed by atoms with E-state index >= 15 is 0 Å². The molecule has 73 heavy (non-hydrogen) atoms. The zero-order valence-corrected chi connectivity index (χ0v) is 40.1. The van der Waals surface area contributed by atoms with E-state index in [9.17, 15) is 69.0 Å². The van der Waals surface area contributed by atoms with Gasteiger partial charge in [-0.3, -0.25) is 38.5 Å². The maximum atomic E-state index is 14.1. The molecule has 3 aromatic rings. The molecule has 2 aliphatic carbocycles. The zero-order valence-electron chi connectivity index (χ0n) is 40.1. The van der Waals surface area contributed by atoms with Gasteiger partial charge in [0.05, 0.1) is 61.2 Å². The molecule has 10 atom stereocenters. The first-order chi connectivity index (χ1) is 34.8. The Kier molecular flexibility index (Phi) is 15.2. The molecule has 390 valence electrons. The highest BCUT2D eigenvalue weighted by Gasteiger charge is 2.51. The van der Waals surface area contributed by atoms with Crippen molar-refractivity contribution < 1.29 is 87.9 Å². The average molecular weight is 1020 g/mol. The third-order valence-electron chi connectivity index (χ3n) is 14.2. The summed E-state index contributed by atoms with van der Waals surface area (Å²) in [5.74, 6) is -7.15. The minimum atomic E-state index is -2.42. The first kappa shape index (κ1) is 52.3. The molecule has 3 fully saturated rings. The fourth-order valence-electron chi connectivity index (χ4n) is 10.3. The Morgan fingerprint density at radius 1 is 0.904 bits per heavy atom. The summed E-state index contributed by atoms with van der Waals surface area (Å²) in [6.07, 6.45) is -8.29. The normalized spacial score (nSPS) is 26.7. The van der Waals surface area contributed by atoms with Crippen molar-refractivity contribution in [1.29, 1.82) is 0 Å². The maximum absolute atomic E-state index is 14.1. The monoisotopic (exact) mass is 1020 g/mol. The van der Waals surface area contributed by atoms with Crippen molar-refractivity contribution in [3.05, 3.63) is 87.5 Å². The summed E-state index contributed by atoms with van der Waals surface area (Å²) < 4.78 is 22.9. The van der Waals surface area contributed by atoms with Crippen LogP contribution in [0.3, 0.4) is 0 Å². The number of ether oxygens (including phenoxy) is 4. The smallest absolute Gasteiger partial charge is 0.410 e. The molecule has 4 unspecified atom stereocenters. The summed E-state index contributed by atoms with van der Waals surface area (Å²) in [5.41, 5.74) is -3.73. The number of nitrogens with one attached hydrogen (secondary N) is 3. The number of ketones is 3. The van der Waals surface area contributed by atoms with E-state index in [1.165, 1.54) is 44.1 Å². The summed E-state index contributed by atoms with van der Waals surface area (Å²) >= 11 is 0. The third-order valence-corrected chi connectivity index (χ3v) is 14.2. The number of aromatic hydroxyl groups is 2. The van der Waals surface area contributed by atoms with Crippen molar-refractivity contribution in [2.75, 3.05) is 33.4 Å². The van der Waals surface area contributed by atoms with Crippen LogP contribution in [0.15, 0.2) is 48.5 Å². The van der Waals surface area contributed by atoms with Gasteiger partial charge in [-0.25, -0.2) is 4.79 Å². The van der Waals surface area contributed by atoms with E-state index in [1.807, 2.05) is 0 Å². The molecule has 23 nitrogen and oxygen atoms in total. The molecule has 9 N–H and O–H groups in total. The van der Waals surface area contributed by atoms with Crippen LogP contribution in [0.2, 0.25) is 0 Å². The van der Waals surface area contributed by atoms with Crippen LogP contribution < -0.4 is 20.7 Å². The number of Topliss-reactive ketones (excluding diaryl/α,β-unsaturated/α-hetero) is 1. The number of methoxy groups -OCH3 is 1. The van der Waals surface area contributed by atoms with E-state index in [-0.39, 0.29) is 67.0 Å². The van der Waals surface area contributed by atoms with Crippen molar-refractivity contribution in [1.82, 2.24) is 25.8 Å². The Morgan fingerprint density at radius 2 is 1.63 bits per heavy atom. The molecular formula is C50H57N5O18. The molecule has 23 heteroatoms. The van der Waals surface area contributed by atoms with Crippen LogP contribution in [0.4, 0.5) is 4.79 Å². The number of phenolic OH excluding ortho intramolecular Hbond substituents is 2. The van der Waals surface area contributed by atoms with Crippen LogP contribution in [0.5, 0.6) is 17.2 Å². The number of carbonyl (C=O) groups excluding carboxylic acids is 8. The fourth-order valence-corrected chi connectivity index (χ4v) is 10.3. The minimum absolute atomic E-state index is 0.0204. The summed E-state index contributed by atoms with van der Waals surface area (Å²) in [6.45, 7) is 1.06. The molecule has 3 aliphatic heterocycles. The van der Waals surface area contributed by atoms with Gasteiger partial charge in [0.15, 0.2) is 17.9 Å². The van der Waals surface area contributed by atoms with E-state index in [0.29, 0.717) is 12.0 Å². The van der Waals surface area contributed by atoms with Crippen LogP contribution in [-0.4, -0.2) is 175 Å². The average Bonchev–Trinajstić information content (AvgIpc) is 4.04. The van der Waals surface area contributed by atoms with E-state index in [2.05, 4.69) is 16.0 Å². The Bertz CT molecular complexity index is 2720. The second kappa shape index (κ2) is 21.2. The number of phenols is 2. The Labute approximate surface area is 417 Å². The molecule has 0 saturated carbocycles. The van der Waals surface area contributed by atoms with Gasteiger partial charge in [-0.05, 0) is 38.3 Å². The number of carbonyl (C=O) groups is 8. The quantitative estimate of drug-likeness (QED) is 0.0722. The lowest BCUT2D eigenvalue weighted by Crippen LogP contribution is -2.59. The summed E-state index contributed by atoms with van der Waals surface area (Å²) in [5, 5.41) is 74.4. The highest BCUT2D eigenvalue weighted by molar-refractivity contribution is 6.31. The van der Waals surface area contributed by atoms with Crippen LogP contribution in [0.1, 0.15) is 101 Å². The van der Waals surface area contributed by atoms with Gasteiger partial charge >= 0.3 is 6.09 Å².